The van der Waals surface area contributed by atoms with Crippen LogP contribution in [0.25, 0.3) is 0 Å². The minimum absolute atomic E-state index is 0.351. The molecule has 0 aromatic heterocycles. The van der Waals surface area contributed by atoms with E-state index in [0.29, 0.717) is 22.1 Å². The number of nitriles is 1. The molecule has 0 saturated carbocycles. The molecular formula is C21H19NO3S. The van der Waals surface area contributed by atoms with E-state index < -0.39 is 12.6 Å². The lowest BCUT2D eigenvalue weighted by Gasteiger charge is -2.07. The van der Waals surface area contributed by atoms with Crippen LogP contribution in [0.2, 0.25) is 0 Å². The highest BCUT2D eigenvalue weighted by Gasteiger charge is 2.06. The summed E-state index contributed by atoms with van der Waals surface area (Å²) < 4.78 is 5.28. The molecule has 0 spiro atoms. The quantitative estimate of drug-likeness (QED) is 0.634. The molecule has 0 fully saturated rings. The van der Waals surface area contributed by atoms with Gasteiger partial charge < -0.3 is 9.84 Å². The number of carbonyl (C=O) groups is 1. The van der Waals surface area contributed by atoms with Crippen molar-refractivity contribution in [3.05, 3.63) is 58.7 Å². The lowest BCUT2D eigenvalue weighted by molar-refractivity contribution is -0.139. The summed E-state index contributed by atoms with van der Waals surface area (Å²) in [7, 11) is 0. The highest BCUT2D eigenvalue weighted by molar-refractivity contribution is 7.99. The number of carboxylic acid groups (broad SMARTS) is 1. The fraction of sp³-hybridized carbons (Fsp3) is 0.238. The third kappa shape index (κ3) is 5.58. The highest BCUT2D eigenvalue weighted by Crippen LogP contribution is 2.25. The Balaban J connectivity index is 2.39. The molecule has 1 N–H and O–H groups in total. The Labute approximate surface area is 157 Å². The van der Waals surface area contributed by atoms with Gasteiger partial charge in [-0.2, -0.15) is 5.26 Å². The number of aliphatic carboxylic acids is 1. The number of hydrogen-bond donors (Lipinski definition) is 1. The lowest BCUT2D eigenvalue weighted by Crippen LogP contribution is -2.10. The number of benzene rings is 2. The largest absolute Gasteiger partial charge is 0.481 e. The molecule has 0 radical (unpaired) electrons. The highest BCUT2D eigenvalue weighted by atomic mass is 32.2. The monoisotopic (exact) mass is 365 g/mol. The molecule has 0 aliphatic carbocycles. The van der Waals surface area contributed by atoms with E-state index >= 15 is 0 Å². The lowest BCUT2D eigenvalue weighted by atomic mass is 10.1. The molecule has 132 valence electrons. The third-order valence-electron chi connectivity index (χ3n) is 3.37. The van der Waals surface area contributed by atoms with Crippen molar-refractivity contribution < 1.29 is 14.6 Å². The molecule has 0 aliphatic heterocycles. The van der Waals surface area contributed by atoms with Crippen molar-refractivity contribution in [2.75, 3.05) is 6.61 Å². The first-order valence-electron chi connectivity index (χ1n) is 8.07. The van der Waals surface area contributed by atoms with Crippen molar-refractivity contribution in [3.63, 3.8) is 0 Å². The van der Waals surface area contributed by atoms with Gasteiger partial charge in [-0.3, -0.25) is 0 Å². The van der Waals surface area contributed by atoms with Crippen molar-refractivity contribution >= 4 is 17.7 Å². The van der Waals surface area contributed by atoms with Crippen molar-refractivity contribution in [2.45, 2.75) is 30.9 Å². The Morgan fingerprint density at radius 1 is 1.19 bits per heavy atom. The van der Waals surface area contributed by atoms with Gasteiger partial charge in [0.1, 0.15) is 5.75 Å². The summed E-state index contributed by atoms with van der Waals surface area (Å²) in [6.45, 7) is 5.80. The van der Waals surface area contributed by atoms with Gasteiger partial charge in [0.2, 0.25) is 0 Å². The number of thioether (sulfide) groups is 1. The summed E-state index contributed by atoms with van der Waals surface area (Å²) in [6, 6.07) is 13.0. The average Bonchev–Trinajstić information content (AvgIpc) is 2.60. The zero-order chi connectivity index (χ0) is 19.1. The first-order chi connectivity index (χ1) is 12.4. The van der Waals surface area contributed by atoms with E-state index in [1.54, 1.807) is 30.0 Å². The molecule has 5 heteroatoms. The minimum Gasteiger partial charge on any atom is -0.481 e. The van der Waals surface area contributed by atoms with Gasteiger partial charge in [-0.25, -0.2) is 4.79 Å². The number of nitrogens with zero attached hydrogens (tertiary/aromatic N) is 1. The van der Waals surface area contributed by atoms with E-state index in [4.69, 9.17) is 15.1 Å². The summed E-state index contributed by atoms with van der Waals surface area (Å²) in [6.07, 6.45) is 0. The predicted molar refractivity (Wildman–Crippen MR) is 102 cm³/mol. The first-order valence-corrected chi connectivity index (χ1v) is 8.95. The fourth-order valence-corrected chi connectivity index (χ4v) is 3.06. The van der Waals surface area contributed by atoms with Crippen molar-refractivity contribution in [3.8, 4) is 23.7 Å². The Morgan fingerprint density at radius 3 is 2.58 bits per heavy atom. The maximum absolute atomic E-state index is 10.7. The SMILES string of the molecule is Cc1ccc(SC(C)C)cc1C#Cc1cc(C#N)ccc1OCC(=O)O. The second-order valence-electron chi connectivity index (χ2n) is 5.90. The van der Waals surface area contributed by atoms with Crippen LogP contribution in [0.15, 0.2) is 41.3 Å². The molecular weight excluding hydrogens is 346 g/mol. The molecule has 2 aromatic carbocycles. The Kier molecular flexibility index (Phi) is 6.72. The Morgan fingerprint density at radius 2 is 1.92 bits per heavy atom. The number of rotatable bonds is 5. The van der Waals surface area contributed by atoms with E-state index in [-0.39, 0.29) is 0 Å². The molecule has 0 saturated heterocycles. The molecule has 26 heavy (non-hydrogen) atoms. The topological polar surface area (TPSA) is 70.3 Å². The van der Waals surface area contributed by atoms with Crippen molar-refractivity contribution in [1.82, 2.24) is 0 Å². The van der Waals surface area contributed by atoms with Crippen LogP contribution in [0.1, 0.15) is 36.1 Å². The predicted octanol–water partition coefficient (Wildman–Crippen LogP) is 4.23. The van der Waals surface area contributed by atoms with Crippen molar-refractivity contribution in [2.24, 2.45) is 0 Å². The van der Waals surface area contributed by atoms with Gasteiger partial charge in [-0.15, -0.1) is 11.8 Å². The fourth-order valence-electron chi connectivity index (χ4n) is 2.18. The van der Waals surface area contributed by atoms with E-state index in [2.05, 4.69) is 37.8 Å². The van der Waals surface area contributed by atoms with Crippen molar-refractivity contribution in [1.29, 1.82) is 5.26 Å². The molecule has 0 atom stereocenters. The van der Waals surface area contributed by atoms with Crippen LogP contribution in [0, 0.1) is 30.1 Å². The van der Waals surface area contributed by atoms with E-state index in [0.717, 1.165) is 16.0 Å². The van der Waals surface area contributed by atoms with E-state index in [1.165, 1.54) is 0 Å². The van der Waals surface area contributed by atoms with E-state index in [1.807, 2.05) is 19.1 Å². The summed E-state index contributed by atoms with van der Waals surface area (Å²) in [4.78, 5) is 11.9. The number of hydrogen-bond acceptors (Lipinski definition) is 4. The van der Waals surface area contributed by atoms with Crippen LogP contribution in [-0.2, 0) is 4.79 Å². The minimum atomic E-state index is -1.07. The summed E-state index contributed by atoms with van der Waals surface area (Å²) in [5.74, 6) is 5.43. The molecule has 0 heterocycles. The standard InChI is InChI=1S/C21H19NO3S/c1-14(2)26-19-8-4-15(3)17(11-19)6-7-18-10-16(12-22)5-9-20(18)25-13-21(23)24/h4-5,8-11,14H,13H2,1-3H3,(H,23,24). The number of carboxylic acids is 1. The number of ether oxygens (including phenoxy) is 1. The first kappa shape index (κ1) is 19.4. The Hall–Kier alpha value is -2.89. The zero-order valence-corrected chi connectivity index (χ0v) is 15.7. The molecule has 2 aromatic rings. The maximum Gasteiger partial charge on any atom is 0.341 e. The molecule has 0 bridgehead atoms. The normalized spacial score (nSPS) is 9.96. The summed E-state index contributed by atoms with van der Waals surface area (Å²) in [5, 5.41) is 18.4. The molecule has 2 rings (SSSR count). The van der Waals surface area contributed by atoms with Gasteiger partial charge >= 0.3 is 5.97 Å². The second kappa shape index (κ2) is 8.99. The van der Waals surface area contributed by atoms with Gasteiger partial charge in [0, 0.05) is 15.7 Å². The van der Waals surface area contributed by atoms with Crippen LogP contribution in [0.4, 0.5) is 0 Å². The van der Waals surface area contributed by atoms with Crippen LogP contribution in [0.3, 0.4) is 0 Å². The average molecular weight is 365 g/mol. The van der Waals surface area contributed by atoms with E-state index in [9.17, 15) is 4.79 Å². The maximum atomic E-state index is 10.7. The van der Waals surface area contributed by atoms with Gasteiger partial charge in [0.15, 0.2) is 6.61 Å². The van der Waals surface area contributed by atoms with Crippen LogP contribution >= 0.6 is 11.8 Å². The third-order valence-corrected chi connectivity index (χ3v) is 4.37. The van der Waals surface area contributed by atoms with Gasteiger partial charge in [-0.05, 0) is 42.8 Å². The summed E-state index contributed by atoms with van der Waals surface area (Å²) in [5.41, 5.74) is 2.88. The van der Waals surface area contributed by atoms with Crippen LogP contribution in [0.5, 0.6) is 5.75 Å². The second-order valence-corrected chi connectivity index (χ2v) is 7.55. The van der Waals surface area contributed by atoms with Gasteiger partial charge in [0.25, 0.3) is 0 Å². The number of aryl methyl sites for hydroxylation is 1. The van der Waals surface area contributed by atoms with Crippen LogP contribution in [-0.4, -0.2) is 22.9 Å². The Bertz CT molecular complexity index is 917. The molecule has 0 unspecified atom stereocenters. The van der Waals surface area contributed by atoms with Gasteiger partial charge in [0.05, 0.1) is 17.2 Å². The zero-order valence-electron chi connectivity index (χ0n) is 14.9. The van der Waals surface area contributed by atoms with Crippen LogP contribution < -0.4 is 4.74 Å². The van der Waals surface area contributed by atoms with Gasteiger partial charge in [-0.1, -0.05) is 31.8 Å². The summed E-state index contributed by atoms with van der Waals surface area (Å²) >= 11 is 1.76. The molecule has 0 aliphatic rings. The molecule has 4 nitrogen and oxygen atoms in total. The smallest absolute Gasteiger partial charge is 0.341 e. The molecule has 0 amide bonds.